The fourth-order valence-electron chi connectivity index (χ4n) is 2.55. The van der Waals surface area contributed by atoms with E-state index in [1.54, 1.807) is 30.8 Å². The summed E-state index contributed by atoms with van der Waals surface area (Å²) in [4.78, 5) is 39.4. The summed E-state index contributed by atoms with van der Waals surface area (Å²) >= 11 is 1.15. The van der Waals surface area contributed by atoms with Gasteiger partial charge in [0.05, 0.1) is 21.7 Å². The largest absolute Gasteiger partial charge is 0.465 e. The second-order valence-corrected chi connectivity index (χ2v) is 6.91. The third-order valence-electron chi connectivity index (χ3n) is 4.00. The highest BCUT2D eigenvalue weighted by molar-refractivity contribution is 7.16. The molecule has 0 fully saturated rings. The third kappa shape index (κ3) is 3.83. The molecule has 0 unspecified atom stereocenters. The Morgan fingerprint density at radius 2 is 2.11 bits per heavy atom. The number of benzene rings is 1. The molecule has 146 valence electrons. The Balaban J connectivity index is 2.15. The number of aryl methyl sites for hydroxylation is 2. The first-order valence-corrected chi connectivity index (χ1v) is 9.15. The molecule has 0 saturated carbocycles. The molecule has 2 heterocycles. The predicted octanol–water partition coefficient (Wildman–Crippen LogP) is 1.96. The van der Waals surface area contributed by atoms with Crippen LogP contribution in [0.3, 0.4) is 0 Å². The lowest BCUT2D eigenvalue weighted by Crippen LogP contribution is -2.23. The van der Waals surface area contributed by atoms with E-state index >= 15 is 0 Å². The SMILES string of the molecule is CCOC(=O)Cn1c(=NC(=O)c2cc(C)n(C)n2)sc2ccc([N+](=O)[O-])cc21. The fraction of sp³-hybridized carbons (Fsp3) is 0.294. The minimum absolute atomic E-state index is 0.124. The van der Waals surface area contributed by atoms with Crippen LogP contribution in [0.25, 0.3) is 10.2 Å². The summed E-state index contributed by atoms with van der Waals surface area (Å²) in [5, 5.41) is 15.2. The van der Waals surface area contributed by atoms with Crippen LogP contribution in [0.4, 0.5) is 5.69 Å². The van der Waals surface area contributed by atoms with Crippen LogP contribution in [0.2, 0.25) is 0 Å². The van der Waals surface area contributed by atoms with Gasteiger partial charge in [-0.25, -0.2) is 0 Å². The molecule has 3 aromatic rings. The number of thiazole rings is 1. The number of ether oxygens (including phenoxy) is 1. The molecule has 0 saturated heterocycles. The Labute approximate surface area is 162 Å². The molecule has 0 aliphatic rings. The molecule has 0 aliphatic heterocycles. The lowest BCUT2D eigenvalue weighted by Gasteiger charge is -2.05. The first-order valence-electron chi connectivity index (χ1n) is 8.33. The van der Waals surface area contributed by atoms with E-state index < -0.39 is 16.8 Å². The van der Waals surface area contributed by atoms with E-state index in [0.29, 0.717) is 10.2 Å². The zero-order valence-corrected chi connectivity index (χ0v) is 16.2. The molecule has 0 radical (unpaired) electrons. The van der Waals surface area contributed by atoms with Crippen LogP contribution < -0.4 is 4.80 Å². The van der Waals surface area contributed by atoms with Gasteiger partial charge in [-0.2, -0.15) is 10.1 Å². The number of rotatable bonds is 5. The Bertz CT molecular complexity index is 1140. The van der Waals surface area contributed by atoms with Crippen LogP contribution in [-0.4, -0.2) is 37.8 Å². The summed E-state index contributed by atoms with van der Waals surface area (Å²) in [6, 6.07) is 5.88. The van der Waals surface area contributed by atoms with Gasteiger partial charge in [0.1, 0.15) is 6.54 Å². The number of carbonyl (C=O) groups is 2. The molecular formula is C17H17N5O5S. The van der Waals surface area contributed by atoms with Gasteiger partial charge in [0, 0.05) is 24.9 Å². The maximum absolute atomic E-state index is 12.5. The molecule has 2 aromatic heterocycles. The van der Waals surface area contributed by atoms with E-state index in [-0.39, 0.29) is 29.3 Å². The van der Waals surface area contributed by atoms with Crippen molar-refractivity contribution in [2.45, 2.75) is 20.4 Å². The number of aromatic nitrogens is 3. The average Bonchev–Trinajstić information content (AvgIpc) is 3.15. The van der Waals surface area contributed by atoms with Crippen molar-refractivity contribution in [3.8, 4) is 0 Å². The van der Waals surface area contributed by atoms with Gasteiger partial charge < -0.3 is 9.30 Å². The fourth-order valence-corrected chi connectivity index (χ4v) is 3.56. The summed E-state index contributed by atoms with van der Waals surface area (Å²) in [5.74, 6) is -1.10. The zero-order valence-electron chi connectivity index (χ0n) is 15.4. The van der Waals surface area contributed by atoms with Gasteiger partial charge in [0.25, 0.3) is 11.6 Å². The highest BCUT2D eigenvalue weighted by Gasteiger charge is 2.17. The monoisotopic (exact) mass is 403 g/mol. The van der Waals surface area contributed by atoms with Gasteiger partial charge in [0.2, 0.25) is 0 Å². The minimum atomic E-state index is -0.567. The first-order chi connectivity index (χ1) is 13.3. The van der Waals surface area contributed by atoms with Crippen molar-refractivity contribution in [2.24, 2.45) is 12.0 Å². The second-order valence-electron chi connectivity index (χ2n) is 5.90. The number of nitrogens with zero attached hydrogens (tertiary/aromatic N) is 5. The number of fused-ring (bicyclic) bond motifs is 1. The van der Waals surface area contributed by atoms with Crippen molar-refractivity contribution in [3.63, 3.8) is 0 Å². The number of hydrogen-bond acceptors (Lipinski definition) is 7. The first kappa shape index (κ1) is 19.4. The summed E-state index contributed by atoms with van der Waals surface area (Å²) in [6.45, 7) is 3.46. The van der Waals surface area contributed by atoms with Gasteiger partial charge in [0.15, 0.2) is 10.5 Å². The van der Waals surface area contributed by atoms with Crippen LogP contribution in [0.1, 0.15) is 23.1 Å². The Hall–Kier alpha value is -3.34. The molecular weight excluding hydrogens is 386 g/mol. The van der Waals surface area contributed by atoms with Crippen molar-refractivity contribution in [1.29, 1.82) is 0 Å². The van der Waals surface area contributed by atoms with Crippen LogP contribution in [0, 0.1) is 17.0 Å². The molecule has 0 aliphatic carbocycles. The van der Waals surface area contributed by atoms with Gasteiger partial charge in [-0.3, -0.25) is 24.4 Å². The van der Waals surface area contributed by atoms with E-state index in [9.17, 15) is 19.7 Å². The van der Waals surface area contributed by atoms with Crippen LogP contribution >= 0.6 is 11.3 Å². The average molecular weight is 403 g/mol. The van der Waals surface area contributed by atoms with Crippen molar-refractivity contribution in [2.75, 3.05) is 6.61 Å². The molecule has 0 atom stereocenters. The standard InChI is InChI=1S/C17H17N5O5S/c1-4-27-15(23)9-21-13-8-11(22(25)26)5-6-14(13)28-17(21)18-16(24)12-7-10(2)20(3)19-12/h5-8H,4,9H2,1-3H3. The van der Waals surface area contributed by atoms with E-state index in [0.717, 1.165) is 17.0 Å². The van der Waals surface area contributed by atoms with Gasteiger partial charge >= 0.3 is 5.97 Å². The summed E-state index contributed by atoms with van der Waals surface area (Å²) < 4.78 is 8.63. The van der Waals surface area contributed by atoms with E-state index in [2.05, 4.69) is 10.1 Å². The summed E-state index contributed by atoms with van der Waals surface area (Å²) in [5.41, 5.74) is 1.27. The summed E-state index contributed by atoms with van der Waals surface area (Å²) in [7, 11) is 1.71. The maximum Gasteiger partial charge on any atom is 0.326 e. The number of carbonyl (C=O) groups excluding carboxylic acids is 2. The normalized spacial score (nSPS) is 11.8. The smallest absolute Gasteiger partial charge is 0.326 e. The number of nitro groups is 1. The van der Waals surface area contributed by atoms with E-state index in [1.165, 1.54) is 16.7 Å². The van der Waals surface area contributed by atoms with E-state index in [1.807, 2.05) is 6.92 Å². The lowest BCUT2D eigenvalue weighted by atomic mass is 10.3. The number of hydrogen-bond donors (Lipinski definition) is 0. The topological polar surface area (TPSA) is 122 Å². The van der Waals surface area contributed by atoms with Crippen LogP contribution in [0.5, 0.6) is 0 Å². The predicted molar refractivity (Wildman–Crippen MR) is 101 cm³/mol. The molecule has 1 amide bonds. The molecule has 11 heteroatoms. The second kappa shape index (κ2) is 7.72. The molecule has 0 spiro atoms. The highest BCUT2D eigenvalue weighted by Crippen LogP contribution is 2.23. The van der Waals surface area contributed by atoms with Crippen molar-refractivity contribution in [3.05, 3.63) is 50.6 Å². The van der Waals surface area contributed by atoms with Crippen LogP contribution in [0.15, 0.2) is 29.3 Å². The Morgan fingerprint density at radius 3 is 2.71 bits per heavy atom. The quantitative estimate of drug-likeness (QED) is 0.365. The number of esters is 1. The van der Waals surface area contributed by atoms with Gasteiger partial charge in [-0.1, -0.05) is 11.3 Å². The molecule has 0 N–H and O–H groups in total. The summed E-state index contributed by atoms with van der Waals surface area (Å²) in [6.07, 6.45) is 0. The minimum Gasteiger partial charge on any atom is -0.465 e. The molecule has 1 aromatic carbocycles. The zero-order chi connectivity index (χ0) is 20.4. The molecule has 28 heavy (non-hydrogen) atoms. The Kier molecular flexibility index (Phi) is 5.36. The van der Waals surface area contributed by atoms with Crippen LogP contribution in [-0.2, 0) is 23.1 Å². The van der Waals surface area contributed by atoms with Gasteiger partial charge in [-0.15, -0.1) is 0 Å². The van der Waals surface area contributed by atoms with E-state index in [4.69, 9.17) is 4.74 Å². The van der Waals surface area contributed by atoms with Crippen molar-refractivity contribution >= 4 is 39.1 Å². The van der Waals surface area contributed by atoms with Crippen molar-refractivity contribution in [1.82, 2.24) is 14.3 Å². The molecule has 0 bridgehead atoms. The Morgan fingerprint density at radius 1 is 1.36 bits per heavy atom. The lowest BCUT2D eigenvalue weighted by molar-refractivity contribution is -0.384. The molecule has 3 rings (SSSR count). The molecule has 10 nitrogen and oxygen atoms in total. The van der Waals surface area contributed by atoms with Crippen molar-refractivity contribution < 1.29 is 19.2 Å². The number of non-ortho nitro benzene ring substituents is 1. The third-order valence-corrected chi connectivity index (χ3v) is 5.06. The number of amides is 1. The number of nitro benzene ring substituents is 1. The maximum atomic E-state index is 12.5. The highest BCUT2D eigenvalue weighted by atomic mass is 32.1. The van der Waals surface area contributed by atoms with Gasteiger partial charge in [-0.05, 0) is 26.0 Å².